The van der Waals surface area contributed by atoms with Gasteiger partial charge in [-0.05, 0) is 15.9 Å². The molecule has 14 heavy (non-hydrogen) atoms. The van der Waals surface area contributed by atoms with Crippen LogP contribution in [-0.4, -0.2) is 25.1 Å². The van der Waals surface area contributed by atoms with Crippen molar-refractivity contribution in [2.45, 2.75) is 6.10 Å². The number of halogens is 1. The lowest BCUT2D eigenvalue weighted by Gasteiger charge is -2.00. The van der Waals surface area contributed by atoms with Crippen molar-refractivity contribution in [2.75, 3.05) is 0 Å². The average Bonchev–Trinajstić information content (AvgIpc) is 2.73. The van der Waals surface area contributed by atoms with Gasteiger partial charge in [0, 0.05) is 12.4 Å². The highest BCUT2D eigenvalue weighted by Gasteiger charge is 2.17. The molecule has 0 saturated heterocycles. The average molecular weight is 275 g/mol. The van der Waals surface area contributed by atoms with Crippen LogP contribution in [0.2, 0.25) is 0 Å². The monoisotopic (exact) mass is 274 g/mol. The van der Waals surface area contributed by atoms with Crippen LogP contribution in [0.15, 0.2) is 16.2 Å². The number of hydrogen-bond donors (Lipinski definition) is 1. The third-order valence-corrected chi connectivity index (χ3v) is 3.23. The molecule has 2 aromatic rings. The molecule has 0 amide bonds. The van der Waals surface area contributed by atoms with Gasteiger partial charge in [0.05, 0.1) is 6.20 Å². The van der Waals surface area contributed by atoms with Crippen molar-refractivity contribution in [3.8, 4) is 0 Å². The summed E-state index contributed by atoms with van der Waals surface area (Å²) in [5.74, 6) is 0. The lowest BCUT2D eigenvalue weighted by Crippen LogP contribution is -1.99. The van der Waals surface area contributed by atoms with Crippen molar-refractivity contribution < 1.29 is 5.11 Å². The quantitative estimate of drug-likeness (QED) is 0.892. The van der Waals surface area contributed by atoms with Crippen LogP contribution in [0.4, 0.5) is 0 Å². The molecule has 74 valence electrons. The predicted octanol–water partition coefficient (Wildman–Crippen LogP) is 1.12. The molecule has 0 aliphatic carbocycles. The highest BCUT2D eigenvalue weighted by atomic mass is 79.9. The Balaban J connectivity index is 2.28. The summed E-state index contributed by atoms with van der Waals surface area (Å²) in [6, 6.07) is 0. The summed E-state index contributed by atoms with van der Waals surface area (Å²) in [5, 5.41) is 19.8. The van der Waals surface area contributed by atoms with Crippen molar-refractivity contribution in [3.63, 3.8) is 0 Å². The molecule has 0 aliphatic rings. The Morgan fingerprint density at radius 2 is 2.43 bits per heavy atom. The first-order chi connectivity index (χ1) is 6.66. The SMILES string of the molecule is Cn1cc(C(O)c2nc(Br)cs2)nn1. The van der Waals surface area contributed by atoms with Gasteiger partial charge in [-0.1, -0.05) is 5.21 Å². The lowest BCUT2D eigenvalue weighted by molar-refractivity contribution is 0.214. The van der Waals surface area contributed by atoms with E-state index in [1.54, 1.807) is 17.9 Å². The zero-order chi connectivity index (χ0) is 10.1. The van der Waals surface area contributed by atoms with Gasteiger partial charge in [-0.2, -0.15) is 0 Å². The van der Waals surface area contributed by atoms with Crippen LogP contribution in [-0.2, 0) is 7.05 Å². The number of rotatable bonds is 2. The maximum absolute atomic E-state index is 9.83. The van der Waals surface area contributed by atoms with E-state index in [2.05, 4.69) is 31.2 Å². The third kappa shape index (κ3) is 1.84. The number of thiazole rings is 1. The molecular formula is C7H7BrN4OS. The van der Waals surface area contributed by atoms with Crippen molar-refractivity contribution in [2.24, 2.45) is 7.05 Å². The molecule has 0 radical (unpaired) electrons. The molecule has 0 aromatic carbocycles. The van der Waals surface area contributed by atoms with E-state index in [1.807, 2.05) is 5.38 Å². The molecule has 0 saturated carbocycles. The summed E-state index contributed by atoms with van der Waals surface area (Å²) in [7, 11) is 1.75. The molecule has 2 rings (SSSR count). The molecule has 7 heteroatoms. The van der Waals surface area contributed by atoms with E-state index in [9.17, 15) is 5.11 Å². The van der Waals surface area contributed by atoms with Gasteiger partial charge in [0.1, 0.15) is 15.3 Å². The molecule has 5 nitrogen and oxygen atoms in total. The number of aromatic nitrogens is 4. The first kappa shape index (κ1) is 9.75. The van der Waals surface area contributed by atoms with Gasteiger partial charge >= 0.3 is 0 Å². The Morgan fingerprint density at radius 1 is 1.64 bits per heavy atom. The van der Waals surface area contributed by atoms with E-state index in [1.165, 1.54) is 11.3 Å². The van der Waals surface area contributed by atoms with Crippen LogP contribution < -0.4 is 0 Å². The zero-order valence-electron chi connectivity index (χ0n) is 7.25. The molecule has 2 heterocycles. The number of hydrogen-bond acceptors (Lipinski definition) is 5. The first-order valence-electron chi connectivity index (χ1n) is 3.82. The van der Waals surface area contributed by atoms with Crippen LogP contribution in [0.5, 0.6) is 0 Å². The van der Waals surface area contributed by atoms with Gasteiger partial charge in [0.25, 0.3) is 0 Å². The van der Waals surface area contributed by atoms with Crippen molar-refractivity contribution in [1.29, 1.82) is 0 Å². The second-order valence-electron chi connectivity index (χ2n) is 2.73. The number of aryl methyl sites for hydroxylation is 1. The molecule has 0 aliphatic heterocycles. The summed E-state index contributed by atoms with van der Waals surface area (Å²) in [5.41, 5.74) is 0.509. The van der Waals surface area contributed by atoms with Gasteiger partial charge in [-0.15, -0.1) is 16.4 Å². The van der Waals surface area contributed by atoms with E-state index in [0.29, 0.717) is 10.7 Å². The molecule has 0 fully saturated rings. The summed E-state index contributed by atoms with van der Waals surface area (Å²) < 4.78 is 2.27. The summed E-state index contributed by atoms with van der Waals surface area (Å²) in [6.45, 7) is 0. The number of aliphatic hydroxyl groups excluding tert-OH is 1. The van der Waals surface area contributed by atoms with E-state index >= 15 is 0 Å². The van der Waals surface area contributed by atoms with Crippen LogP contribution >= 0.6 is 27.3 Å². The smallest absolute Gasteiger partial charge is 0.151 e. The largest absolute Gasteiger partial charge is 0.379 e. The number of aliphatic hydroxyl groups is 1. The molecule has 1 atom stereocenters. The fraction of sp³-hybridized carbons (Fsp3) is 0.286. The Hall–Kier alpha value is -0.790. The molecule has 1 N–H and O–H groups in total. The second kappa shape index (κ2) is 3.76. The van der Waals surface area contributed by atoms with Gasteiger partial charge in [-0.3, -0.25) is 4.68 Å². The van der Waals surface area contributed by atoms with Crippen molar-refractivity contribution in [1.82, 2.24) is 20.0 Å². The fourth-order valence-corrected chi connectivity index (χ4v) is 2.27. The van der Waals surface area contributed by atoms with Crippen LogP contribution in [0, 0.1) is 0 Å². The van der Waals surface area contributed by atoms with Crippen molar-refractivity contribution >= 4 is 27.3 Å². The minimum absolute atomic E-state index is 0.509. The highest BCUT2D eigenvalue weighted by Crippen LogP contribution is 2.25. The van der Waals surface area contributed by atoms with Crippen LogP contribution in [0.3, 0.4) is 0 Å². The normalized spacial score (nSPS) is 13.1. The standard InChI is InChI=1S/C7H7BrN4OS/c1-12-2-4(10-11-12)6(13)7-9-5(8)3-14-7/h2-3,6,13H,1H3. The predicted molar refractivity (Wildman–Crippen MR) is 54.9 cm³/mol. The maximum atomic E-state index is 9.83. The Bertz CT molecular complexity index is 400. The maximum Gasteiger partial charge on any atom is 0.151 e. The summed E-state index contributed by atoms with van der Waals surface area (Å²) >= 11 is 4.60. The second-order valence-corrected chi connectivity index (χ2v) is 4.43. The Kier molecular flexibility index (Phi) is 2.62. The topological polar surface area (TPSA) is 63.8 Å². The summed E-state index contributed by atoms with van der Waals surface area (Å²) in [4.78, 5) is 4.10. The van der Waals surface area contributed by atoms with Gasteiger partial charge in [-0.25, -0.2) is 4.98 Å². The van der Waals surface area contributed by atoms with E-state index in [4.69, 9.17) is 0 Å². The lowest BCUT2D eigenvalue weighted by atomic mass is 10.3. The van der Waals surface area contributed by atoms with Gasteiger partial charge in [0.2, 0.25) is 0 Å². The van der Waals surface area contributed by atoms with Gasteiger partial charge in [0.15, 0.2) is 6.10 Å². The summed E-state index contributed by atoms with van der Waals surface area (Å²) in [6.07, 6.45) is 0.875. The Labute approximate surface area is 92.5 Å². The molecule has 0 bridgehead atoms. The number of nitrogens with zero attached hydrogens (tertiary/aromatic N) is 4. The molecule has 2 aromatic heterocycles. The zero-order valence-corrected chi connectivity index (χ0v) is 9.66. The van der Waals surface area contributed by atoms with Crippen LogP contribution in [0.25, 0.3) is 0 Å². The molecule has 1 unspecified atom stereocenters. The van der Waals surface area contributed by atoms with Crippen molar-refractivity contribution in [3.05, 3.63) is 26.9 Å². The minimum Gasteiger partial charge on any atom is -0.379 e. The Morgan fingerprint density at radius 3 is 2.93 bits per heavy atom. The van der Waals surface area contributed by atoms with Crippen LogP contribution in [0.1, 0.15) is 16.8 Å². The minimum atomic E-state index is -0.792. The first-order valence-corrected chi connectivity index (χ1v) is 5.49. The third-order valence-electron chi connectivity index (χ3n) is 1.63. The van der Waals surface area contributed by atoms with E-state index < -0.39 is 6.10 Å². The fourth-order valence-electron chi connectivity index (χ4n) is 1.01. The van der Waals surface area contributed by atoms with E-state index in [-0.39, 0.29) is 0 Å². The molecule has 0 spiro atoms. The van der Waals surface area contributed by atoms with Gasteiger partial charge < -0.3 is 5.11 Å². The highest BCUT2D eigenvalue weighted by molar-refractivity contribution is 9.10. The van der Waals surface area contributed by atoms with E-state index in [0.717, 1.165) is 4.60 Å². The molecular weight excluding hydrogens is 268 g/mol.